The highest BCUT2D eigenvalue weighted by Crippen LogP contribution is 2.38. The van der Waals surface area contributed by atoms with Crippen molar-refractivity contribution in [3.63, 3.8) is 0 Å². The Kier molecular flexibility index (Phi) is 5.25. The number of hydrogen-bond acceptors (Lipinski definition) is 3. The Balaban J connectivity index is 1.92. The number of carboxylic acid groups (broad SMARTS) is 1. The molecule has 3 N–H and O–H groups in total. The van der Waals surface area contributed by atoms with Crippen LogP contribution in [-0.4, -0.2) is 36.1 Å². The van der Waals surface area contributed by atoms with Crippen LogP contribution in [0.4, 0.5) is 0 Å². The van der Waals surface area contributed by atoms with Crippen LogP contribution in [0.15, 0.2) is 0 Å². The maximum absolute atomic E-state index is 12.3. The number of carbonyl (C=O) groups excluding carboxylic acids is 1. The van der Waals surface area contributed by atoms with Crippen molar-refractivity contribution in [1.29, 1.82) is 0 Å². The number of carbonyl (C=O) groups is 2. The zero-order valence-corrected chi connectivity index (χ0v) is 13.2. The van der Waals surface area contributed by atoms with E-state index in [2.05, 4.69) is 24.5 Å². The Morgan fingerprint density at radius 3 is 2.48 bits per heavy atom. The minimum Gasteiger partial charge on any atom is -0.481 e. The van der Waals surface area contributed by atoms with Crippen LogP contribution in [0.3, 0.4) is 0 Å². The molecule has 2 rings (SSSR count). The molecule has 0 spiro atoms. The summed E-state index contributed by atoms with van der Waals surface area (Å²) in [6.07, 6.45) is 5.34. The number of carboxylic acids is 1. The average Bonchev–Trinajstić information content (AvgIpc) is 2.47. The maximum Gasteiger partial charge on any atom is 0.311 e. The second kappa shape index (κ2) is 6.77. The Morgan fingerprint density at radius 1 is 1.24 bits per heavy atom. The molecular formula is C16H28N2O3. The smallest absolute Gasteiger partial charge is 0.311 e. The lowest BCUT2D eigenvalue weighted by Crippen LogP contribution is -2.54. The molecule has 21 heavy (non-hydrogen) atoms. The lowest BCUT2D eigenvalue weighted by Gasteiger charge is -2.37. The van der Waals surface area contributed by atoms with Crippen molar-refractivity contribution in [3.8, 4) is 0 Å². The van der Waals surface area contributed by atoms with Crippen LogP contribution in [0, 0.1) is 17.3 Å². The van der Waals surface area contributed by atoms with Gasteiger partial charge in [-0.2, -0.15) is 0 Å². The molecule has 1 aliphatic carbocycles. The number of aliphatic carboxylic acids is 1. The van der Waals surface area contributed by atoms with Crippen molar-refractivity contribution in [3.05, 3.63) is 0 Å². The van der Waals surface area contributed by atoms with Crippen molar-refractivity contribution in [1.82, 2.24) is 10.6 Å². The number of nitrogens with one attached hydrogen (secondary N) is 2. The van der Waals surface area contributed by atoms with E-state index in [0.29, 0.717) is 24.7 Å². The predicted octanol–water partition coefficient (Wildman–Crippen LogP) is 1.77. The summed E-state index contributed by atoms with van der Waals surface area (Å²) in [6, 6.07) is -0.174. The second-order valence-corrected chi connectivity index (χ2v) is 7.04. The van der Waals surface area contributed by atoms with Crippen molar-refractivity contribution < 1.29 is 14.7 Å². The largest absolute Gasteiger partial charge is 0.481 e. The Hall–Kier alpha value is -1.10. The van der Waals surface area contributed by atoms with E-state index in [4.69, 9.17) is 0 Å². The zero-order chi connectivity index (χ0) is 15.5. The van der Waals surface area contributed by atoms with E-state index in [1.807, 2.05) is 0 Å². The fourth-order valence-electron chi connectivity index (χ4n) is 3.55. The maximum atomic E-state index is 12.3. The molecule has 0 bridgehead atoms. The van der Waals surface area contributed by atoms with E-state index >= 15 is 0 Å². The highest BCUT2D eigenvalue weighted by atomic mass is 16.4. The number of piperidine rings is 1. The lowest BCUT2D eigenvalue weighted by atomic mass is 9.70. The van der Waals surface area contributed by atoms with E-state index < -0.39 is 11.4 Å². The summed E-state index contributed by atoms with van der Waals surface area (Å²) in [5.41, 5.74) is -0.764. The fraction of sp³-hybridized carbons (Fsp3) is 0.875. The molecular weight excluding hydrogens is 268 g/mol. The number of rotatable bonds is 4. The van der Waals surface area contributed by atoms with Gasteiger partial charge in [0.05, 0.1) is 11.5 Å². The van der Waals surface area contributed by atoms with Gasteiger partial charge in [0.1, 0.15) is 0 Å². The first-order chi connectivity index (χ1) is 9.94. The van der Waals surface area contributed by atoms with E-state index in [1.54, 1.807) is 0 Å². The van der Waals surface area contributed by atoms with Gasteiger partial charge in [-0.15, -0.1) is 0 Å². The summed E-state index contributed by atoms with van der Waals surface area (Å²) in [7, 11) is 0. The van der Waals surface area contributed by atoms with E-state index in [9.17, 15) is 14.7 Å². The average molecular weight is 296 g/mol. The quantitative estimate of drug-likeness (QED) is 0.739. The molecule has 0 radical (unpaired) electrons. The molecule has 1 saturated heterocycles. The summed E-state index contributed by atoms with van der Waals surface area (Å²) >= 11 is 0. The normalized spacial score (nSPS) is 37.0. The summed E-state index contributed by atoms with van der Waals surface area (Å²) in [6.45, 7) is 5.37. The minimum atomic E-state index is -0.764. The Labute approximate surface area is 126 Å². The van der Waals surface area contributed by atoms with Crippen LogP contribution in [0.1, 0.15) is 52.4 Å². The lowest BCUT2D eigenvalue weighted by molar-refractivity contribution is -0.151. The molecule has 1 heterocycles. The van der Waals surface area contributed by atoms with Gasteiger partial charge < -0.3 is 15.7 Å². The van der Waals surface area contributed by atoms with Gasteiger partial charge in [-0.1, -0.05) is 13.8 Å². The molecule has 0 aromatic heterocycles. The number of hydrogen-bond donors (Lipinski definition) is 3. The molecule has 5 nitrogen and oxygen atoms in total. The summed E-state index contributed by atoms with van der Waals surface area (Å²) in [5.74, 6) is 0.0971. The third-order valence-corrected chi connectivity index (χ3v) is 5.34. The topological polar surface area (TPSA) is 78.4 Å². The standard InChI is InChI=1S/C16H28N2O3/c1-11-5-7-16(8-6-11,15(20)21)10-18-14(19)13-12(2)4-3-9-17-13/h11-13,17H,3-10H2,1-2H3,(H,18,19)(H,20,21). The molecule has 5 heteroatoms. The SMILES string of the molecule is CC1CCC(CNC(=O)C2NCCCC2C)(C(=O)O)CC1. The molecule has 1 aliphatic heterocycles. The van der Waals surface area contributed by atoms with E-state index in [1.165, 1.54) is 0 Å². The van der Waals surface area contributed by atoms with Crippen LogP contribution >= 0.6 is 0 Å². The summed E-state index contributed by atoms with van der Waals surface area (Å²) < 4.78 is 0. The zero-order valence-electron chi connectivity index (χ0n) is 13.2. The third-order valence-electron chi connectivity index (χ3n) is 5.34. The first kappa shape index (κ1) is 16.3. The van der Waals surface area contributed by atoms with Crippen molar-refractivity contribution in [2.24, 2.45) is 17.3 Å². The van der Waals surface area contributed by atoms with E-state index in [0.717, 1.165) is 32.2 Å². The van der Waals surface area contributed by atoms with Gasteiger partial charge in [-0.25, -0.2) is 0 Å². The van der Waals surface area contributed by atoms with Gasteiger partial charge in [-0.3, -0.25) is 9.59 Å². The Morgan fingerprint density at radius 2 is 1.90 bits per heavy atom. The number of amides is 1. The first-order valence-corrected chi connectivity index (χ1v) is 8.19. The summed E-state index contributed by atoms with van der Waals surface area (Å²) in [5, 5.41) is 15.7. The second-order valence-electron chi connectivity index (χ2n) is 7.04. The fourth-order valence-corrected chi connectivity index (χ4v) is 3.55. The van der Waals surface area contributed by atoms with Gasteiger partial charge in [0.25, 0.3) is 0 Å². The van der Waals surface area contributed by atoms with Gasteiger partial charge >= 0.3 is 5.97 Å². The van der Waals surface area contributed by atoms with Crippen LogP contribution in [0.25, 0.3) is 0 Å². The predicted molar refractivity (Wildman–Crippen MR) is 80.9 cm³/mol. The van der Waals surface area contributed by atoms with Crippen molar-refractivity contribution in [2.45, 2.75) is 58.4 Å². The van der Waals surface area contributed by atoms with Gasteiger partial charge in [0, 0.05) is 6.54 Å². The molecule has 2 aliphatic rings. The molecule has 120 valence electrons. The van der Waals surface area contributed by atoms with Crippen LogP contribution in [-0.2, 0) is 9.59 Å². The van der Waals surface area contributed by atoms with Crippen molar-refractivity contribution in [2.75, 3.05) is 13.1 Å². The molecule has 2 fully saturated rings. The summed E-state index contributed by atoms with van der Waals surface area (Å²) in [4.78, 5) is 24.0. The molecule has 2 atom stereocenters. The van der Waals surface area contributed by atoms with E-state index in [-0.39, 0.29) is 18.5 Å². The molecule has 0 aromatic rings. The van der Waals surface area contributed by atoms with Gasteiger partial charge in [-0.05, 0) is 56.9 Å². The van der Waals surface area contributed by atoms with Gasteiger partial charge in [0.2, 0.25) is 5.91 Å². The first-order valence-electron chi connectivity index (χ1n) is 8.19. The minimum absolute atomic E-state index is 0.0403. The highest BCUT2D eigenvalue weighted by molar-refractivity contribution is 5.83. The highest BCUT2D eigenvalue weighted by Gasteiger charge is 2.42. The van der Waals surface area contributed by atoms with Gasteiger partial charge in [0.15, 0.2) is 0 Å². The molecule has 1 amide bonds. The molecule has 0 aromatic carbocycles. The Bertz CT molecular complexity index is 389. The van der Waals surface area contributed by atoms with Crippen LogP contribution in [0.5, 0.6) is 0 Å². The third kappa shape index (κ3) is 3.76. The molecule has 2 unspecified atom stereocenters. The van der Waals surface area contributed by atoms with Crippen molar-refractivity contribution >= 4 is 11.9 Å². The monoisotopic (exact) mass is 296 g/mol. The van der Waals surface area contributed by atoms with Crippen LogP contribution < -0.4 is 10.6 Å². The molecule has 1 saturated carbocycles. The van der Waals surface area contributed by atoms with Crippen LogP contribution in [0.2, 0.25) is 0 Å².